The number of alkyl carbamates (subject to hydrolysis) is 1. The van der Waals surface area contributed by atoms with Gasteiger partial charge in [0, 0.05) is 32.2 Å². The number of hydrogen-bond donors (Lipinski definition) is 1. The summed E-state index contributed by atoms with van der Waals surface area (Å²) in [6, 6.07) is 9.30. The van der Waals surface area contributed by atoms with E-state index in [2.05, 4.69) is 39.4 Å². The normalized spacial score (nSPS) is 22.7. The molecule has 2 heterocycles. The van der Waals surface area contributed by atoms with Gasteiger partial charge in [0.05, 0.1) is 6.04 Å². The third-order valence-corrected chi connectivity index (χ3v) is 5.54. The number of piperazine rings is 1. The second-order valence-electron chi connectivity index (χ2n) is 9.03. The second-order valence-corrected chi connectivity index (χ2v) is 9.03. The van der Waals surface area contributed by atoms with E-state index in [1.807, 2.05) is 27.7 Å². The molecule has 5 heteroatoms. The number of nitrogens with one attached hydrogen (secondary N) is 1. The summed E-state index contributed by atoms with van der Waals surface area (Å²) >= 11 is 0. The molecule has 2 aliphatic heterocycles. The lowest BCUT2D eigenvalue weighted by Crippen LogP contribution is -2.54. The SMILES string of the molecule is C[C@H](NC(=O)OC(C)(C)C)c1ccc(CN2CCN3CCCC[C@H]3C2)cc1. The molecule has 27 heavy (non-hydrogen) atoms. The lowest BCUT2D eigenvalue weighted by molar-refractivity contribution is 0.0457. The molecule has 1 N–H and O–H groups in total. The first-order valence-electron chi connectivity index (χ1n) is 10.3. The predicted molar refractivity (Wildman–Crippen MR) is 109 cm³/mol. The van der Waals surface area contributed by atoms with E-state index in [0.29, 0.717) is 0 Å². The van der Waals surface area contributed by atoms with E-state index in [1.54, 1.807) is 0 Å². The Labute approximate surface area is 164 Å². The minimum atomic E-state index is -0.476. The Kier molecular flexibility index (Phi) is 6.43. The molecule has 2 fully saturated rings. The molecular formula is C22H35N3O2. The van der Waals surface area contributed by atoms with Gasteiger partial charge < -0.3 is 10.1 Å². The summed E-state index contributed by atoms with van der Waals surface area (Å²) in [7, 11) is 0. The number of piperidine rings is 1. The van der Waals surface area contributed by atoms with Crippen molar-refractivity contribution in [3.63, 3.8) is 0 Å². The average Bonchev–Trinajstić information content (AvgIpc) is 2.60. The molecule has 1 aromatic rings. The van der Waals surface area contributed by atoms with Crippen LogP contribution in [-0.4, -0.2) is 53.7 Å². The van der Waals surface area contributed by atoms with Crippen LogP contribution in [0.5, 0.6) is 0 Å². The van der Waals surface area contributed by atoms with Crippen molar-refractivity contribution >= 4 is 6.09 Å². The largest absolute Gasteiger partial charge is 0.444 e. The molecule has 150 valence electrons. The molecule has 1 amide bonds. The number of ether oxygens (including phenoxy) is 1. The molecule has 0 spiro atoms. The number of amides is 1. The van der Waals surface area contributed by atoms with Gasteiger partial charge in [0.2, 0.25) is 0 Å². The van der Waals surface area contributed by atoms with Crippen molar-refractivity contribution in [1.82, 2.24) is 15.1 Å². The molecule has 0 bridgehead atoms. The molecule has 3 rings (SSSR count). The standard InChI is InChI=1S/C22H35N3O2/c1-17(23-21(26)27-22(2,3)4)19-10-8-18(9-11-19)15-24-13-14-25-12-6-5-7-20(25)16-24/h8-11,17,20H,5-7,12-16H2,1-4H3,(H,23,26)/t17-,20-/m0/s1. The van der Waals surface area contributed by atoms with E-state index in [9.17, 15) is 4.79 Å². The Morgan fingerprint density at radius 2 is 1.93 bits per heavy atom. The van der Waals surface area contributed by atoms with E-state index in [-0.39, 0.29) is 12.1 Å². The van der Waals surface area contributed by atoms with Crippen molar-refractivity contribution in [2.45, 2.75) is 71.2 Å². The molecule has 0 unspecified atom stereocenters. The highest BCUT2D eigenvalue weighted by Gasteiger charge is 2.28. The predicted octanol–water partition coefficient (Wildman–Crippen LogP) is 3.94. The average molecular weight is 374 g/mol. The number of hydrogen-bond acceptors (Lipinski definition) is 4. The highest BCUT2D eigenvalue weighted by molar-refractivity contribution is 5.68. The molecule has 2 atom stereocenters. The fraction of sp³-hybridized carbons (Fsp3) is 0.682. The van der Waals surface area contributed by atoms with Crippen LogP contribution in [0, 0.1) is 0 Å². The van der Waals surface area contributed by atoms with Crippen LogP contribution < -0.4 is 5.32 Å². The zero-order valence-corrected chi connectivity index (χ0v) is 17.3. The quantitative estimate of drug-likeness (QED) is 0.868. The minimum absolute atomic E-state index is 0.0697. The molecule has 2 aliphatic rings. The number of fused-ring (bicyclic) bond motifs is 1. The van der Waals surface area contributed by atoms with Gasteiger partial charge in [-0.3, -0.25) is 9.80 Å². The van der Waals surface area contributed by atoms with Crippen molar-refractivity contribution < 1.29 is 9.53 Å². The Morgan fingerprint density at radius 3 is 2.63 bits per heavy atom. The minimum Gasteiger partial charge on any atom is -0.444 e. The van der Waals surface area contributed by atoms with E-state index < -0.39 is 5.60 Å². The lowest BCUT2D eigenvalue weighted by atomic mass is 9.99. The molecule has 2 saturated heterocycles. The van der Waals surface area contributed by atoms with Crippen LogP contribution >= 0.6 is 0 Å². The molecule has 0 aliphatic carbocycles. The van der Waals surface area contributed by atoms with E-state index in [1.165, 1.54) is 44.5 Å². The third-order valence-electron chi connectivity index (χ3n) is 5.54. The van der Waals surface area contributed by atoms with Gasteiger partial charge in [0.25, 0.3) is 0 Å². The fourth-order valence-electron chi connectivity index (χ4n) is 4.10. The van der Waals surface area contributed by atoms with Gasteiger partial charge in [0.1, 0.15) is 5.60 Å². The van der Waals surface area contributed by atoms with Gasteiger partial charge in [-0.1, -0.05) is 30.7 Å². The van der Waals surface area contributed by atoms with Crippen LogP contribution in [0.2, 0.25) is 0 Å². The maximum absolute atomic E-state index is 11.9. The summed E-state index contributed by atoms with van der Waals surface area (Å²) in [4.78, 5) is 17.2. The fourth-order valence-corrected chi connectivity index (χ4v) is 4.10. The van der Waals surface area contributed by atoms with Crippen molar-refractivity contribution in [3.05, 3.63) is 35.4 Å². The number of carbonyl (C=O) groups is 1. The summed E-state index contributed by atoms with van der Waals surface area (Å²) in [6.45, 7) is 13.5. The Hall–Kier alpha value is -1.59. The zero-order chi connectivity index (χ0) is 19.4. The number of rotatable bonds is 4. The van der Waals surface area contributed by atoms with Gasteiger partial charge in [-0.05, 0) is 58.2 Å². The van der Waals surface area contributed by atoms with Gasteiger partial charge in [-0.2, -0.15) is 0 Å². The van der Waals surface area contributed by atoms with Crippen LogP contribution in [0.3, 0.4) is 0 Å². The Morgan fingerprint density at radius 1 is 1.19 bits per heavy atom. The van der Waals surface area contributed by atoms with Gasteiger partial charge in [-0.25, -0.2) is 4.79 Å². The molecule has 0 radical (unpaired) electrons. The number of carbonyl (C=O) groups excluding carboxylic acids is 1. The van der Waals surface area contributed by atoms with Gasteiger partial charge in [0.15, 0.2) is 0 Å². The highest BCUT2D eigenvalue weighted by Crippen LogP contribution is 2.22. The molecule has 0 saturated carbocycles. The summed E-state index contributed by atoms with van der Waals surface area (Å²) in [5.74, 6) is 0. The summed E-state index contributed by atoms with van der Waals surface area (Å²) < 4.78 is 5.34. The first-order valence-corrected chi connectivity index (χ1v) is 10.3. The van der Waals surface area contributed by atoms with E-state index in [4.69, 9.17) is 4.74 Å². The topological polar surface area (TPSA) is 44.8 Å². The summed E-state index contributed by atoms with van der Waals surface area (Å²) in [5.41, 5.74) is 1.96. The first-order chi connectivity index (χ1) is 12.8. The van der Waals surface area contributed by atoms with Crippen LogP contribution in [0.25, 0.3) is 0 Å². The van der Waals surface area contributed by atoms with Crippen LogP contribution in [0.15, 0.2) is 24.3 Å². The van der Waals surface area contributed by atoms with E-state index in [0.717, 1.165) is 24.7 Å². The third kappa shape index (κ3) is 5.94. The Balaban J connectivity index is 1.50. The number of benzene rings is 1. The monoisotopic (exact) mass is 373 g/mol. The first kappa shape index (κ1) is 20.2. The van der Waals surface area contributed by atoms with Gasteiger partial charge >= 0.3 is 6.09 Å². The van der Waals surface area contributed by atoms with Gasteiger partial charge in [-0.15, -0.1) is 0 Å². The number of nitrogens with zero attached hydrogens (tertiary/aromatic N) is 2. The van der Waals surface area contributed by atoms with Crippen molar-refractivity contribution in [2.75, 3.05) is 26.2 Å². The zero-order valence-electron chi connectivity index (χ0n) is 17.3. The van der Waals surface area contributed by atoms with E-state index >= 15 is 0 Å². The molecular weight excluding hydrogens is 338 g/mol. The van der Waals surface area contributed by atoms with Crippen LogP contribution in [0.1, 0.15) is 64.1 Å². The molecule has 5 nitrogen and oxygen atoms in total. The lowest BCUT2D eigenvalue weighted by Gasteiger charge is -2.44. The summed E-state index contributed by atoms with van der Waals surface area (Å²) in [5, 5.41) is 2.91. The van der Waals surface area contributed by atoms with Crippen LogP contribution in [0.4, 0.5) is 4.79 Å². The Bertz CT molecular complexity index is 623. The van der Waals surface area contributed by atoms with Crippen molar-refractivity contribution in [3.8, 4) is 0 Å². The highest BCUT2D eigenvalue weighted by atomic mass is 16.6. The maximum atomic E-state index is 11.9. The maximum Gasteiger partial charge on any atom is 0.408 e. The van der Waals surface area contributed by atoms with Crippen molar-refractivity contribution in [1.29, 1.82) is 0 Å². The second kappa shape index (κ2) is 8.61. The molecule has 0 aromatic heterocycles. The van der Waals surface area contributed by atoms with Crippen molar-refractivity contribution in [2.24, 2.45) is 0 Å². The molecule has 1 aromatic carbocycles. The smallest absolute Gasteiger partial charge is 0.408 e. The summed E-state index contributed by atoms with van der Waals surface area (Å²) in [6.07, 6.45) is 3.73. The van der Waals surface area contributed by atoms with Crippen LogP contribution in [-0.2, 0) is 11.3 Å².